The van der Waals surface area contributed by atoms with Crippen LogP contribution in [0.3, 0.4) is 0 Å². The predicted molar refractivity (Wildman–Crippen MR) is 63.3 cm³/mol. The number of nitrogens with one attached hydrogen (secondary N) is 1. The topological polar surface area (TPSA) is 90.5 Å². The molecule has 0 bridgehead atoms. The van der Waals surface area contributed by atoms with Crippen LogP contribution in [0.4, 0.5) is 0 Å². The number of H-pyrrole nitrogens is 1. The van der Waals surface area contributed by atoms with Gasteiger partial charge in [-0.25, -0.2) is 4.79 Å². The molecule has 0 aromatic carbocycles. The number of hydrogen-bond donors (Lipinski definition) is 2. The number of likely N-dealkylation sites (tertiary alicyclic amines) is 1. The lowest BCUT2D eigenvalue weighted by atomic mass is 10.0. The first-order valence-corrected chi connectivity index (χ1v) is 5.73. The van der Waals surface area contributed by atoms with E-state index < -0.39 is 17.9 Å². The predicted octanol–water partition coefficient (Wildman–Crippen LogP) is 0.310. The first kappa shape index (κ1) is 12.3. The number of carbonyl (C=O) groups is 2. The van der Waals surface area contributed by atoms with Crippen LogP contribution in [-0.4, -0.2) is 39.5 Å². The van der Waals surface area contributed by atoms with Gasteiger partial charge in [-0.05, 0) is 18.4 Å². The zero-order valence-electron chi connectivity index (χ0n) is 9.92. The van der Waals surface area contributed by atoms with Gasteiger partial charge in [-0.1, -0.05) is 6.92 Å². The lowest BCUT2D eigenvalue weighted by Crippen LogP contribution is -2.43. The fourth-order valence-electron chi connectivity index (χ4n) is 2.29. The summed E-state index contributed by atoms with van der Waals surface area (Å²) in [7, 11) is 0. The van der Waals surface area contributed by atoms with Crippen LogP contribution in [0.15, 0.2) is 23.1 Å². The van der Waals surface area contributed by atoms with Crippen LogP contribution in [-0.2, 0) is 4.79 Å². The minimum Gasteiger partial charge on any atom is -0.480 e. The number of hydrogen-bond acceptors (Lipinski definition) is 3. The summed E-state index contributed by atoms with van der Waals surface area (Å²) < 4.78 is 0. The Kier molecular flexibility index (Phi) is 3.18. The summed E-state index contributed by atoms with van der Waals surface area (Å²) in [5, 5.41) is 9.14. The normalized spacial score (nSPS) is 23.1. The van der Waals surface area contributed by atoms with E-state index in [1.165, 1.54) is 23.2 Å². The van der Waals surface area contributed by atoms with Gasteiger partial charge in [-0.3, -0.25) is 9.59 Å². The fraction of sp³-hybridized carbons (Fsp3) is 0.417. The van der Waals surface area contributed by atoms with Crippen molar-refractivity contribution < 1.29 is 14.7 Å². The molecule has 2 atom stereocenters. The molecular formula is C12H14N2O4. The molecule has 96 valence electrons. The number of aromatic amines is 1. The molecule has 0 spiro atoms. The first-order chi connectivity index (χ1) is 8.50. The van der Waals surface area contributed by atoms with E-state index in [4.69, 9.17) is 5.11 Å². The third-order valence-electron chi connectivity index (χ3n) is 3.24. The van der Waals surface area contributed by atoms with E-state index in [-0.39, 0.29) is 17.0 Å². The van der Waals surface area contributed by atoms with Gasteiger partial charge in [0.05, 0.1) is 0 Å². The second-order valence-corrected chi connectivity index (χ2v) is 4.49. The molecule has 1 aromatic heterocycles. The smallest absolute Gasteiger partial charge is 0.326 e. The van der Waals surface area contributed by atoms with Crippen molar-refractivity contribution in [2.24, 2.45) is 5.92 Å². The third kappa shape index (κ3) is 2.13. The molecule has 1 aliphatic heterocycles. The standard InChI is InChI=1S/C12H14N2O4/c1-7-3-5-14(10(7)12(17)18)11(16)8-2-4-13-9(15)6-8/h2,4,6-7,10H,3,5H2,1H3,(H,13,15)(H,17,18). The Morgan fingerprint density at radius 2 is 2.22 bits per heavy atom. The molecule has 1 fully saturated rings. The van der Waals surface area contributed by atoms with Crippen LogP contribution in [0.1, 0.15) is 23.7 Å². The SMILES string of the molecule is CC1CCN(C(=O)c2cc[nH]c(=O)c2)C1C(=O)O. The highest BCUT2D eigenvalue weighted by Crippen LogP contribution is 2.25. The third-order valence-corrected chi connectivity index (χ3v) is 3.24. The summed E-state index contributed by atoms with van der Waals surface area (Å²) in [4.78, 5) is 38.2. The minimum atomic E-state index is -1.00. The zero-order chi connectivity index (χ0) is 13.3. The molecule has 2 unspecified atom stereocenters. The molecule has 1 aliphatic rings. The van der Waals surface area contributed by atoms with Gasteiger partial charge in [0.25, 0.3) is 5.91 Å². The molecule has 2 N–H and O–H groups in total. The van der Waals surface area contributed by atoms with E-state index in [0.717, 1.165) is 0 Å². The Balaban J connectivity index is 2.29. The number of amides is 1. The molecular weight excluding hydrogens is 236 g/mol. The summed E-state index contributed by atoms with van der Waals surface area (Å²) in [5.41, 5.74) is -0.154. The quantitative estimate of drug-likeness (QED) is 0.790. The molecule has 0 saturated carbocycles. The summed E-state index contributed by atoms with van der Waals surface area (Å²) in [6.07, 6.45) is 2.04. The number of aliphatic carboxylic acids is 1. The molecule has 1 amide bonds. The van der Waals surface area contributed by atoms with Crippen molar-refractivity contribution in [1.29, 1.82) is 0 Å². The number of pyridine rings is 1. The number of nitrogens with zero attached hydrogens (tertiary/aromatic N) is 1. The fourth-order valence-corrected chi connectivity index (χ4v) is 2.29. The van der Waals surface area contributed by atoms with Crippen LogP contribution >= 0.6 is 0 Å². The first-order valence-electron chi connectivity index (χ1n) is 5.73. The number of rotatable bonds is 2. The number of carboxylic acid groups (broad SMARTS) is 1. The van der Waals surface area contributed by atoms with Crippen molar-refractivity contribution in [1.82, 2.24) is 9.88 Å². The van der Waals surface area contributed by atoms with E-state index in [1.54, 1.807) is 0 Å². The van der Waals surface area contributed by atoms with Crippen molar-refractivity contribution in [2.45, 2.75) is 19.4 Å². The van der Waals surface area contributed by atoms with E-state index in [9.17, 15) is 14.4 Å². The molecule has 1 saturated heterocycles. The van der Waals surface area contributed by atoms with Gasteiger partial charge >= 0.3 is 5.97 Å². The maximum absolute atomic E-state index is 12.2. The average molecular weight is 250 g/mol. The highest BCUT2D eigenvalue weighted by Gasteiger charge is 2.39. The number of carbonyl (C=O) groups excluding carboxylic acids is 1. The largest absolute Gasteiger partial charge is 0.480 e. The Labute approximate surface area is 103 Å². The van der Waals surface area contributed by atoms with Crippen LogP contribution in [0.25, 0.3) is 0 Å². The molecule has 6 nitrogen and oxygen atoms in total. The van der Waals surface area contributed by atoms with Crippen LogP contribution in [0, 0.1) is 5.92 Å². The zero-order valence-corrected chi connectivity index (χ0v) is 9.92. The van der Waals surface area contributed by atoms with Gasteiger partial charge in [0.1, 0.15) is 6.04 Å². The Bertz CT molecular complexity index is 537. The number of carboxylic acids is 1. The van der Waals surface area contributed by atoms with Crippen LogP contribution < -0.4 is 5.56 Å². The van der Waals surface area contributed by atoms with Crippen LogP contribution in [0.2, 0.25) is 0 Å². The summed E-state index contributed by atoms with van der Waals surface area (Å²) >= 11 is 0. The summed E-state index contributed by atoms with van der Waals surface area (Å²) in [5.74, 6) is -1.48. The molecule has 1 aromatic rings. The van der Waals surface area contributed by atoms with E-state index in [0.29, 0.717) is 13.0 Å². The van der Waals surface area contributed by atoms with Crippen molar-refractivity contribution >= 4 is 11.9 Å². The van der Waals surface area contributed by atoms with E-state index in [1.807, 2.05) is 6.92 Å². The molecule has 0 aliphatic carbocycles. The van der Waals surface area contributed by atoms with Crippen LogP contribution in [0.5, 0.6) is 0 Å². The molecule has 2 rings (SSSR count). The maximum atomic E-state index is 12.2. The van der Waals surface area contributed by atoms with Gasteiger partial charge in [-0.2, -0.15) is 0 Å². The van der Waals surface area contributed by atoms with Gasteiger partial charge in [-0.15, -0.1) is 0 Å². The summed E-state index contributed by atoms with van der Waals surface area (Å²) in [6, 6.07) is 1.85. The lowest BCUT2D eigenvalue weighted by molar-refractivity contribution is -0.142. The highest BCUT2D eigenvalue weighted by molar-refractivity contribution is 5.96. The lowest BCUT2D eigenvalue weighted by Gasteiger charge is -2.23. The molecule has 18 heavy (non-hydrogen) atoms. The number of aromatic nitrogens is 1. The van der Waals surface area contributed by atoms with E-state index in [2.05, 4.69) is 4.98 Å². The van der Waals surface area contributed by atoms with Gasteiger partial charge in [0.15, 0.2) is 0 Å². The molecule has 6 heteroatoms. The molecule has 2 heterocycles. The average Bonchev–Trinajstić information content (AvgIpc) is 2.70. The van der Waals surface area contributed by atoms with Crippen molar-refractivity contribution in [3.63, 3.8) is 0 Å². The second kappa shape index (κ2) is 4.64. The second-order valence-electron chi connectivity index (χ2n) is 4.49. The highest BCUT2D eigenvalue weighted by atomic mass is 16.4. The Morgan fingerprint density at radius 3 is 2.83 bits per heavy atom. The van der Waals surface area contributed by atoms with Gasteiger partial charge < -0.3 is 15.0 Å². The summed E-state index contributed by atoms with van der Waals surface area (Å²) in [6.45, 7) is 2.22. The van der Waals surface area contributed by atoms with Gasteiger partial charge in [0.2, 0.25) is 5.56 Å². The van der Waals surface area contributed by atoms with Crippen molar-refractivity contribution in [3.05, 3.63) is 34.2 Å². The van der Waals surface area contributed by atoms with Crippen molar-refractivity contribution in [2.75, 3.05) is 6.54 Å². The monoisotopic (exact) mass is 250 g/mol. The van der Waals surface area contributed by atoms with Gasteiger partial charge in [0, 0.05) is 24.4 Å². The minimum absolute atomic E-state index is 0.0755. The molecule has 0 radical (unpaired) electrons. The Morgan fingerprint density at radius 1 is 1.50 bits per heavy atom. The Hall–Kier alpha value is -2.11. The van der Waals surface area contributed by atoms with E-state index >= 15 is 0 Å². The van der Waals surface area contributed by atoms with Crippen molar-refractivity contribution in [3.8, 4) is 0 Å². The maximum Gasteiger partial charge on any atom is 0.326 e.